The number of nitriles is 1. The standard InChI is InChI=1S/C5H2BrN3S/c6-4-1-2-5(9-8-4)10-3-7/h1-2H. The van der Waals surface area contributed by atoms with Crippen molar-refractivity contribution < 1.29 is 0 Å². The van der Waals surface area contributed by atoms with Crippen molar-refractivity contribution in [3.05, 3.63) is 16.7 Å². The molecule has 0 aliphatic heterocycles. The summed E-state index contributed by atoms with van der Waals surface area (Å²) in [6.07, 6.45) is 0. The van der Waals surface area contributed by atoms with E-state index in [0.717, 1.165) is 11.8 Å². The van der Waals surface area contributed by atoms with E-state index in [-0.39, 0.29) is 0 Å². The molecule has 0 saturated carbocycles. The van der Waals surface area contributed by atoms with Gasteiger partial charge in [0.1, 0.15) is 15.0 Å². The number of hydrogen-bond acceptors (Lipinski definition) is 4. The molecule has 0 amide bonds. The zero-order valence-corrected chi connectivity index (χ0v) is 7.19. The molecule has 1 aromatic heterocycles. The Morgan fingerprint density at radius 1 is 1.50 bits per heavy atom. The molecule has 50 valence electrons. The maximum Gasteiger partial charge on any atom is 0.140 e. The van der Waals surface area contributed by atoms with Crippen molar-refractivity contribution in [3.63, 3.8) is 0 Å². The predicted molar refractivity (Wildman–Crippen MR) is 41.2 cm³/mol. The van der Waals surface area contributed by atoms with Crippen molar-refractivity contribution in [1.29, 1.82) is 5.26 Å². The molecule has 0 bridgehead atoms. The van der Waals surface area contributed by atoms with E-state index in [9.17, 15) is 0 Å². The van der Waals surface area contributed by atoms with Crippen LogP contribution in [0.3, 0.4) is 0 Å². The normalized spacial score (nSPS) is 8.80. The molecule has 0 spiro atoms. The van der Waals surface area contributed by atoms with E-state index in [2.05, 4.69) is 26.1 Å². The van der Waals surface area contributed by atoms with Gasteiger partial charge < -0.3 is 0 Å². The molecule has 0 N–H and O–H groups in total. The van der Waals surface area contributed by atoms with Crippen LogP contribution in [-0.2, 0) is 0 Å². The summed E-state index contributed by atoms with van der Waals surface area (Å²) in [5.74, 6) is 0. The van der Waals surface area contributed by atoms with Gasteiger partial charge in [-0.2, -0.15) is 5.26 Å². The van der Waals surface area contributed by atoms with Gasteiger partial charge in [0.15, 0.2) is 0 Å². The first-order valence-electron chi connectivity index (χ1n) is 2.38. The predicted octanol–water partition coefficient (Wildman–Crippen LogP) is 1.81. The summed E-state index contributed by atoms with van der Waals surface area (Å²) >= 11 is 4.13. The topological polar surface area (TPSA) is 49.6 Å². The van der Waals surface area contributed by atoms with Gasteiger partial charge in [0.25, 0.3) is 0 Å². The van der Waals surface area contributed by atoms with Crippen LogP contribution in [-0.4, -0.2) is 10.2 Å². The SMILES string of the molecule is N#CSc1ccc(Br)nn1. The van der Waals surface area contributed by atoms with E-state index in [1.54, 1.807) is 12.1 Å². The van der Waals surface area contributed by atoms with E-state index in [1.165, 1.54) is 0 Å². The third-order valence-electron chi connectivity index (χ3n) is 0.758. The Labute approximate surface area is 70.6 Å². The highest BCUT2D eigenvalue weighted by molar-refractivity contribution is 9.10. The fourth-order valence-corrected chi connectivity index (χ4v) is 0.928. The first-order chi connectivity index (χ1) is 4.83. The fourth-order valence-electron chi connectivity index (χ4n) is 0.405. The zero-order valence-electron chi connectivity index (χ0n) is 4.78. The van der Waals surface area contributed by atoms with Gasteiger partial charge in [-0.1, -0.05) is 0 Å². The van der Waals surface area contributed by atoms with Crippen molar-refractivity contribution in [1.82, 2.24) is 10.2 Å². The largest absolute Gasteiger partial charge is 0.185 e. The average Bonchev–Trinajstić information content (AvgIpc) is 1.95. The Hall–Kier alpha value is -0.600. The second kappa shape index (κ2) is 3.54. The third-order valence-corrected chi connectivity index (χ3v) is 1.70. The molecule has 10 heavy (non-hydrogen) atoms. The quantitative estimate of drug-likeness (QED) is 0.530. The second-order valence-electron chi connectivity index (χ2n) is 1.39. The first-order valence-corrected chi connectivity index (χ1v) is 3.99. The van der Waals surface area contributed by atoms with E-state index in [1.807, 2.05) is 5.40 Å². The van der Waals surface area contributed by atoms with Gasteiger partial charge in [-0.15, -0.1) is 10.2 Å². The summed E-state index contributed by atoms with van der Waals surface area (Å²) in [5.41, 5.74) is 0. The molecule has 0 atom stereocenters. The van der Waals surface area contributed by atoms with Crippen molar-refractivity contribution in [2.45, 2.75) is 5.03 Å². The number of hydrogen-bond donors (Lipinski definition) is 0. The molecular weight excluding hydrogens is 214 g/mol. The summed E-state index contributed by atoms with van der Waals surface area (Å²) in [4.78, 5) is 0. The maximum atomic E-state index is 8.22. The molecule has 0 fully saturated rings. The summed E-state index contributed by atoms with van der Waals surface area (Å²) < 4.78 is 0.676. The number of halogens is 1. The van der Waals surface area contributed by atoms with Gasteiger partial charge >= 0.3 is 0 Å². The lowest BCUT2D eigenvalue weighted by atomic mass is 10.6. The monoisotopic (exact) mass is 215 g/mol. The minimum absolute atomic E-state index is 0.616. The fraction of sp³-hybridized carbons (Fsp3) is 0. The summed E-state index contributed by atoms with van der Waals surface area (Å²) in [5, 5.41) is 18.1. The number of nitrogens with zero attached hydrogens (tertiary/aromatic N) is 3. The van der Waals surface area contributed by atoms with Gasteiger partial charge in [-0.25, -0.2) is 0 Å². The molecule has 3 nitrogen and oxygen atoms in total. The van der Waals surface area contributed by atoms with Crippen molar-refractivity contribution in [3.8, 4) is 5.40 Å². The Bertz CT molecular complexity index is 253. The highest BCUT2D eigenvalue weighted by atomic mass is 79.9. The van der Waals surface area contributed by atoms with Crippen LogP contribution >= 0.6 is 27.7 Å². The Morgan fingerprint density at radius 3 is 2.80 bits per heavy atom. The van der Waals surface area contributed by atoms with E-state index in [4.69, 9.17) is 5.26 Å². The van der Waals surface area contributed by atoms with Crippen LogP contribution in [0.4, 0.5) is 0 Å². The molecule has 0 unspecified atom stereocenters. The molecular formula is C5H2BrN3S. The molecule has 0 aromatic carbocycles. The minimum Gasteiger partial charge on any atom is -0.185 e. The molecule has 0 saturated heterocycles. The van der Waals surface area contributed by atoms with E-state index in [0.29, 0.717) is 9.63 Å². The summed E-state index contributed by atoms with van der Waals surface area (Å²) in [7, 11) is 0. The van der Waals surface area contributed by atoms with Gasteiger partial charge in [-0.3, -0.25) is 0 Å². The Balaban J connectivity index is 2.81. The zero-order chi connectivity index (χ0) is 7.40. The van der Waals surface area contributed by atoms with E-state index < -0.39 is 0 Å². The van der Waals surface area contributed by atoms with Crippen molar-refractivity contribution in [2.24, 2.45) is 0 Å². The molecule has 0 radical (unpaired) electrons. The smallest absolute Gasteiger partial charge is 0.140 e. The van der Waals surface area contributed by atoms with Gasteiger partial charge in [-0.05, 0) is 28.1 Å². The van der Waals surface area contributed by atoms with Crippen LogP contribution < -0.4 is 0 Å². The van der Waals surface area contributed by atoms with Gasteiger partial charge in [0.2, 0.25) is 0 Å². The van der Waals surface area contributed by atoms with Crippen LogP contribution in [0.2, 0.25) is 0 Å². The average molecular weight is 216 g/mol. The highest BCUT2D eigenvalue weighted by Crippen LogP contribution is 2.13. The highest BCUT2D eigenvalue weighted by Gasteiger charge is 1.93. The van der Waals surface area contributed by atoms with Crippen LogP contribution in [0.5, 0.6) is 0 Å². The number of aromatic nitrogens is 2. The van der Waals surface area contributed by atoms with Crippen LogP contribution in [0, 0.1) is 10.7 Å². The summed E-state index contributed by atoms with van der Waals surface area (Å²) in [6.45, 7) is 0. The first kappa shape index (κ1) is 7.51. The van der Waals surface area contributed by atoms with Crippen LogP contribution in [0.1, 0.15) is 0 Å². The molecule has 0 aliphatic carbocycles. The molecule has 1 heterocycles. The Kier molecular flexibility index (Phi) is 2.66. The number of thioether (sulfide) groups is 1. The van der Waals surface area contributed by atoms with Gasteiger partial charge in [0.05, 0.1) is 0 Å². The minimum atomic E-state index is 0.616. The third kappa shape index (κ3) is 1.97. The maximum absolute atomic E-state index is 8.22. The van der Waals surface area contributed by atoms with E-state index >= 15 is 0 Å². The van der Waals surface area contributed by atoms with Crippen LogP contribution in [0.15, 0.2) is 21.8 Å². The number of thiocyanates is 1. The number of rotatable bonds is 1. The molecule has 1 aromatic rings. The Morgan fingerprint density at radius 2 is 2.30 bits per heavy atom. The van der Waals surface area contributed by atoms with Crippen molar-refractivity contribution >= 4 is 27.7 Å². The van der Waals surface area contributed by atoms with Gasteiger partial charge in [0, 0.05) is 11.8 Å². The lowest BCUT2D eigenvalue weighted by Gasteiger charge is -1.88. The second-order valence-corrected chi connectivity index (χ2v) is 3.01. The summed E-state index contributed by atoms with van der Waals surface area (Å²) in [6, 6.07) is 3.47. The molecule has 5 heteroatoms. The molecule has 0 aliphatic rings. The lowest BCUT2D eigenvalue weighted by Crippen LogP contribution is -1.82. The molecule has 1 rings (SSSR count). The van der Waals surface area contributed by atoms with Crippen LogP contribution in [0.25, 0.3) is 0 Å². The van der Waals surface area contributed by atoms with Crippen molar-refractivity contribution in [2.75, 3.05) is 0 Å². The lowest BCUT2D eigenvalue weighted by molar-refractivity contribution is 0.913.